The van der Waals surface area contributed by atoms with E-state index < -0.39 is 28.4 Å². The molecule has 2 aromatic carbocycles. The van der Waals surface area contributed by atoms with Gasteiger partial charge in [-0.15, -0.1) is 0 Å². The first-order valence-corrected chi connectivity index (χ1v) is 10.7. The largest absolute Gasteiger partial charge is 0.482 e. The van der Waals surface area contributed by atoms with E-state index in [0.717, 1.165) is 0 Å². The highest BCUT2D eigenvalue weighted by molar-refractivity contribution is 7.89. The van der Waals surface area contributed by atoms with Gasteiger partial charge >= 0.3 is 0 Å². The van der Waals surface area contributed by atoms with Crippen molar-refractivity contribution in [3.05, 3.63) is 83.8 Å². The van der Waals surface area contributed by atoms with E-state index >= 15 is 0 Å². The monoisotopic (exact) mass is 454 g/mol. The summed E-state index contributed by atoms with van der Waals surface area (Å²) in [4.78, 5) is 24.1. The van der Waals surface area contributed by atoms with Gasteiger partial charge in [-0.2, -0.15) is 5.26 Å². The number of carbonyl (C=O) groups is 2. The van der Waals surface area contributed by atoms with Crippen molar-refractivity contribution in [2.75, 3.05) is 6.61 Å². The molecular formula is C21H18N4O6S. The summed E-state index contributed by atoms with van der Waals surface area (Å²) in [5, 5.41) is 9.01. The molecule has 0 saturated heterocycles. The molecule has 0 aliphatic heterocycles. The molecule has 0 aliphatic carbocycles. The molecule has 0 aliphatic rings. The fourth-order valence-electron chi connectivity index (χ4n) is 2.53. The molecule has 0 atom stereocenters. The van der Waals surface area contributed by atoms with Crippen LogP contribution in [0.4, 0.5) is 0 Å². The molecular weight excluding hydrogens is 436 g/mol. The van der Waals surface area contributed by atoms with Crippen LogP contribution in [0.1, 0.15) is 21.7 Å². The molecule has 11 heteroatoms. The van der Waals surface area contributed by atoms with E-state index in [9.17, 15) is 18.0 Å². The zero-order chi connectivity index (χ0) is 23.0. The van der Waals surface area contributed by atoms with Gasteiger partial charge in [0.05, 0.1) is 23.3 Å². The van der Waals surface area contributed by atoms with Crippen molar-refractivity contribution >= 4 is 21.8 Å². The highest BCUT2D eigenvalue weighted by Crippen LogP contribution is 2.16. The second-order valence-electron chi connectivity index (χ2n) is 6.33. The van der Waals surface area contributed by atoms with Crippen molar-refractivity contribution in [3.8, 4) is 11.8 Å². The lowest BCUT2D eigenvalue weighted by atomic mass is 10.2. The summed E-state index contributed by atoms with van der Waals surface area (Å²) >= 11 is 0. The summed E-state index contributed by atoms with van der Waals surface area (Å²) in [5.74, 6) is -0.727. The smallest absolute Gasteiger partial charge is 0.276 e. The summed E-state index contributed by atoms with van der Waals surface area (Å²) in [7, 11) is -3.89. The lowest BCUT2D eigenvalue weighted by Crippen LogP contribution is -2.43. The van der Waals surface area contributed by atoms with E-state index in [2.05, 4.69) is 15.6 Å². The van der Waals surface area contributed by atoms with Gasteiger partial charge in [0, 0.05) is 5.56 Å². The Kier molecular flexibility index (Phi) is 7.22. The summed E-state index contributed by atoms with van der Waals surface area (Å²) in [6.07, 6.45) is 1.43. The Hall–Kier alpha value is -4.14. The number of amides is 2. The van der Waals surface area contributed by atoms with Gasteiger partial charge in [-0.1, -0.05) is 18.2 Å². The number of carbonyl (C=O) groups excluding carboxylic acids is 2. The van der Waals surface area contributed by atoms with Gasteiger partial charge in [-0.3, -0.25) is 20.4 Å². The van der Waals surface area contributed by atoms with E-state index in [1.165, 1.54) is 36.6 Å². The Bertz CT molecular complexity index is 1250. The third kappa shape index (κ3) is 5.94. The number of rotatable bonds is 8. The lowest BCUT2D eigenvalue weighted by molar-refractivity contribution is -0.123. The molecule has 164 valence electrons. The topological polar surface area (TPSA) is 151 Å². The Labute approximate surface area is 183 Å². The Morgan fingerprint density at radius 2 is 1.84 bits per heavy atom. The molecule has 32 heavy (non-hydrogen) atoms. The first-order chi connectivity index (χ1) is 15.4. The predicted molar refractivity (Wildman–Crippen MR) is 111 cm³/mol. The number of para-hydroxylation sites is 1. The van der Waals surface area contributed by atoms with Gasteiger partial charge in [0.1, 0.15) is 17.6 Å². The second-order valence-corrected chi connectivity index (χ2v) is 8.10. The van der Waals surface area contributed by atoms with Crippen LogP contribution in [0.15, 0.2) is 76.2 Å². The number of hydrogen-bond donors (Lipinski definition) is 3. The maximum atomic E-state index is 12.4. The molecule has 0 fully saturated rings. The highest BCUT2D eigenvalue weighted by Gasteiger charge is 2.17. The van der Waals surface area contributed by atoms with Crippen molar-refractivity contribution in [2.45, 2.75) is 11.4 Å². The van der Waals surface area contributed by atoms with Gasteiger partial charge < -0.3 is 9.15 Å². The third-order valence-electron chi connectivity index (χ3n) is 4.10. The molecule has 0 bridgehead atoms. The Balaban J connectivity index is 1.55. The van der Waals surface area contributed by atoms with Gasteiger partial charge in [0.2, 0.25) is 10.0 Å². The van der Waals surface area contributed by atoms with E-state index in [1.807, 2.05) is 6.07 Å². The van der Waals surface area contributed by atoms with Gasteiger partial charge in [-0.05, 0) is 42.5 Å². The van der Waals surface area contributed by atoms with E-state index in [4.69, 9.17) is 14.4 Å². The van der Waals surface area contributed by atoms with Crippen molar-refractivity contribution < 1.29 is 27.2 Å². The molecule has 0 saturated carbocycles. The lowest BCUT2D eigenvalue weighted by Gasteiger charge is -2.10. The summed E-state index contributed by atoms with van der Waals surface area (Å²) in [6, 6.07) is 16.9. The third-order valence-corrected chi connectivity index (χ3v) is 5.50. The number of ether oxygens (including phenoxy) is 1. The number of furan rings is 1. The minimum absolute atomic E-state index is 0.0157. The first kappa shape index (κ1) is 22.5. The maximum Gasteiger partial charge on any atom is 0.276 e. The molecule has 1 aromatic heterocycles. The van der Waals surface area contributed by atoms with E-state index in [0.29, 0.717) is 5.76 Å². The van der Waals surface area contributed by atoms with Crippen LogP contribution in [-0.2, 0) is 21.4 Å². The molecule has 0 unspecified atom stereocenters. The van der Waals surface area contributed by atoms with Gasteiger partial charge in [0.25, 0.3) is 11.8 Å². The van der Waals surface area contributed by atoms with Crippen molar-refractivity contribution in [3.63, 3.8) is 0 Å². The van der Waals surface area contributed by atoms with Gasteiger partial charge in [0.15, 0.2) is 6.61 Å². The average Bonchev–Trinajstić information content (AvgIpc) is 3.34. The number of hydrogen-bond acceptors (Lipinski definition) is 7. The minimum Gasteiger partial charge on any atom is -0.482 e. The van der Waals surface area contributed by atoms with Crippen molar-refractivity contribution in [1.82, 2.24) is 15.6 Å². The molecule has 2 amide bonds. The Morgan fingerprint density at radius 1 is 1.03 bits per heavy atom. The second kappa shape index (κ2) is 10.3. The van der Waals surface area contributed by atoms with Crippen LogP contribution in [-0.4, -0.2) is 26.8 Å². The standard InChI is InChI=1S/C21H18N4O6S/c22-12-16-5-1-2-9-19(16)31-14-20(26)24-25-21(27)15-6-3-8-18(11-15)32(28,29)23-13-17-7-4-10-30-17/h1-11,23H,13-14H2,(H,24,26)(H,25,27). The molecule has 3 rings (SSSR count). The normalized spacial score (nSPS) is 10.7. The molecule has 0 radical (unpaired) electrons. The summed E-state index contributed by atoms with van der Waals surface area (Å²) < 4.78 is 37.6. The summed E-state index contributed by atoms with van der Waals surface area (Å²) in [5.41, 5.74) is 4.63. The van der Waals surface area contributed by atoms with Crippen LogP contribution in [0.2, 0.25) is 0 Å². The number of nitrogens with zero attached hydrogens (tertiary/aromatic N) is 1. The average molecular weight is 454 g/mol. The van der Waals surface area contributed by atoms with Crippen LogP contribution in [0.5, 0.6) is 5.75 Å². The van der Waals surface area contributed by atoms with Crippen LogP contribution in [0.25, 0.3) is 0 Å². The fourth-order valence-corrected chi connectivity index (χ4v) is 3.57. The zero-order valence-corrected chi connectivity index (χ0v) is 17.4. The molecule has 3 aromatic rings. The fraction of sp³-hybridized carbons (Fsp3) is 0.0952. The number of hydrazine groups is 1. The van der Waals surface area contributed by atoms with Crippen LogP contribution >= 0.6 is 0 Å². The summed E-state index contributed by atoms with van der Waals surface area (Å²) in [6.45, 7) is -0.485. The van der Waals surface area contributed by atoms with Crippen LogP contribution < -0.4 is 20.3 Å². The predicted octanol–water partition coefficient (Wildman–Crippen LogP) is 1.47. The number of nitriles is 1. The highest BCUT2D eigenvalue weighted by atomic mass is 32.2. The zero-order valence-electron chi connectivity index (χ0n) is 16.6. The molecule has 1 heterocycles. The van der Waals surface area contributed by atoms with Crippen molar-refractivity contribution in [1.29, 1.82) is 5.26 Å². The SMILES string of the molecule is N#Cc1ccccc1OCC(=O)NNC(=O)c1cccc(S(=O)(=O)NCc2ccco2)c1. The maximum absolute atomic E-state index is 12.4. The Morgan fingerprint density at radius 3 is 2.59 bits per heavy atom. The quantitative estimate of drug-likeness (QED) is 0.436. The molecule has 0 spiro atoms. The van der Waals surface area contributed by atoms with E-state index in [-0.39, 0.29) is 28.3 Å². The van der Waals surface area contributed by atoms with Crippen LogP contribution in [0, 0.1) is 11.3 Å². The van der Waals surface area contributed by atoms with Crippen LogP contribution in [0.3, 0.4) is 0 Å². The van der Waals surface area contributed by atoms with Crippen molar-refractivity contribution in [2.24, 2.45) is 0 Å². The molecule has 10 nitrogen and oxygen atoms in total. The number of nitrogens with one attached hydrogen (secondary N) is 3. The number of sulfonamides is 1. The number of benzene rings is 2. The molecule has 3 N–H and O–H groups in total. The van der Waals surface area contributed by atoms with E-state index in [1.54, 1.807) is 30.3 Å². The van der Waals surface area contributed by atoms with Gasteiger partial charge in [-0.25, -0.2) is 13.1 Å². The minimum atomic E-state index is -3.89. The first-order valence-electron chi connectivity index (χ1n) is 9.22.